The fourth-order valence-corrected chi connectivity index (χ4v) is 3.76. The summed E-state index contributed by atoms with van der Waals surface area (Å²) in [4.78, 5) is 13.8. The molecule has 0 amide bonds. The summed E-state index contributed by atoms with van der Waals surface area (Å²) in [5, 5.41) is -1.79. The Bertz CT molecular complexity index is 708. The molecule has 0 saturated carbocycles. The van der Waals surface area contributed by atoms with Crippen molar-refractivity contribution in [3.63, 3.8) is 0 Å². The second kappa shape index (κ2) is 8.39. The monoisotopic (exact) mass is 402 g/mol. The average molecular weight is 403 g/mol. The lowest BCUT2D eigenvalue weighted by molar-refractivity contribution is -0.118. The van der Waals surface area contributed by atoms with E-state index in [9.17, 15) is 13.2 Å². The van der Waals surface area contributed by atoms with Gasteiger partial charge in [0.2, 0.25) is 0 Å². The third kappa shape index (κ3) is 4.54. The van der Waals surface area contributed by atoms with Crippen LogP contribution in [-0.2, 0) is 26.4 Å². The zero-order valence-electron chi connectivity index (χ0n) is 13.1. The maximum atomic E-state index is 12.5. The van der Waals surface area contributed by atoms with Crippen LogP contribution in [-0.4, -0.2) is 26.7 Å². The molecule has 0 radical (unpaired) electrons. The molecule has 2 rings (SSSR count). The van der Waals surface area contributed by atoms with E-state index in [-0.39, 0.29) is 5.78 Å². The van der Waals surface area contributed by atoms with Crippen molar-refractivity contribution in [3.05, 3.63) is 59.7 Å². The first-order valence-corrected chi connectivity index (χ1v) is 11.0. The highest BCUT2D eigenvalue weighted by molar-refractivity contribution is 7.84. The summed E-state index contributed by atoms with van der Waals surface area (Å²) < 4.78 is 22.8. The van der Waals surface area contributed by atoms with E-state index in [0.717, 1.165) is 0 Å². The highest BCUT2D eigenvalue weighted by Gasteiger charge is 2.26. The molecule has 2 aromatic carbocycles. The van der Waals surface area contributed by atoms with E-state index < -0.39 is 32.4 Å². The number of carbonyl (C=O) groups excluding carboxylic acids is 1. The van der Waals surface area contributed by atoms with Gasteiger partial charge in [0.05, 0.1) is 0 Å². The number of carbonyl (C=O) groups is 1. The van der Waals surface area contributed by atoms with Crippen LogP contribution >= 0.6 is 23.2 Å². The Morgan fingerprint density at radius 2 is 1.04 bits per heavy atom. The van der Waals surface area contributed by atoms with Gasteiger partial charge in [0, 0.05) is 43.9 Å². The van der Waals surface area contributed by atoms with Crippen LogP contribution in [0.3, 0.4) is 0 Å². The molecular formula is C17H16Cl2O3S2. The zero-order valence-corrected chi connectivity index (χ0v) is 16.2. The lowest BCUT2D eigenvalue weighted by atomic mass is 10.0. The van der Waals surface area contributed by atoms with Gasteiger partial charge in [-0.05, 0) is 35.4 Å². The minimum atomic E-state index is -1.08. The number of halogens is 2. The summed E-state index contributed by atoms with van der Waals surface area (Å²) >= 11 is 12.5. The van der Waals surface area contributed by atoms with Gasteiger partial charge in [-0.2, -0.15) is 0 Å². The van der Waals surface area contributed by atoms with Crippen LogP contribution in [0.4, 0.5) is 0 Å². The maximum absolute atomic E-state index is 12.5. The van der Waals surface area contributed by atoms with Crippen LogP contribution in [0.25, 0.3) is 0 Å². The smallest absolute Gasteiger partial charge is 0.177 e. The standard InChI is InChI=1S/C17H16Cl2O3S2/c1-23(21)13-7-3-11(4-8-13)15(18)17(20)16(19)12-5-9-14(10-6-12)24(2)22/h3-10,15-16H,1-2H3. The highest BCUT2D eigenvalue weighted by atomic mass is 35.5. The fraction of sp³-hybridized carbons (Fsp3) is 0.235. The summed E-state index contributed by atoms with van der Waals surface area (Å²) in [6, 6.07) is 13.5. The molecule has 0 saturated heterocycles. The molecule has 128 valence electrons. The first-order valence-electron chi connectivity index (χ1n) is 7.00. The number of hydrogen-bond donors (Lipinski definition) is 0. The number of alkyl halides is 2. The highest BCUT2D eigenvalue weighted by Crippen LogP contribution is 2.32. The third-order valence-corrected chi connectivity index (χ3v) is 6.32. The summed E-state index contributed by atoms with van der Waals surface area (Å²) in [5.41, 5.74) is 1.21. The Labute approximate surface area is 156 Å². The molecule has 0 aliphatic rings. The van der Waals surface area contributed by atoms with Crippen LogP contribution in [0.1, 0.15) is 21.9 Å². The average Bonchev–Trinajstić information content (AvgIpc) is 2.60. The molecule has 0 fully saturated rings. The second-order valence-corrected chi connectivity index (χ2v) is 8.81. The van der Waals surface area contributed by atoms with Crippen molar-refractivity contribution in [1.29, 1.82) is 0 Å². The molecule has 0 heterocycles. The summed E-state index contributed by atoms with van der Waals surface area (Å²) in [6.45, 7) is 0. The first-order chi connectivity index (χ1) is 11.3. The van der Waals surface area contributed by atoms with Gasteiger partial charge in [-0.1, -0.05) is 24.3 Å². The van der Waals surface area contributed by atoms with Gasteiger partial charge in [0.25, 0.3) is 0 Å². The number of rotatable bonds is 6. The third-order valence-electron chi connectivity index (χ3n) is 3.51. The van der Waals surface area contributed by atoms with Gasteiger partial charge in [0.15, 0.2) is 5.78 Å². The summed E-state index contributed by atoms with van der Waals surface area (Å²) in [6.07, 6.45) is 3.17. The normalized spacial score (nSPS) is 16.2. The fourth-order valence-electron chi connectivity index (χ4n) is 2.11. The summed E-state index contributed by atoms with van der Waals surface area (Å²) in [7, 11) is -2.17. The molecule has 4 atom stereocenters. The first kappa shape index (κ1) is 19.3. The van der Waals surface area contributed by atoms with Crippen molar-refractivity contribution in [2.24, 2.45) is 0 Å². The van der Waals surface area contributed by atoms with Crippen molar-refractivity contribution in [2.45, 2.75) is 20.5 Å². The molecule has 4 unspecified atom stereocenters. The molecule has 24 heavy (non-hydrogen) atoms. The van der Waals surface area contributed by atoms with Gasteiger partial charge in [0.1, 0.15) is 10.8 Å². The molecule has 0 spiro atoms. The van der Waals surface area contributed by atoms with Crippen molar-refractivity contribution in [1.82, 2.24) is 0 Å². The topological polar surface area (TPSA) is 51.2 Å². The Balaban J connectivity index is 2.16. The van der Waals surface area contributed by atoms with Crippen LogP contribution in [0.15, 0.2) is 58.3 Å². The Kier molecular flexibility index (Phi) is 6.75. The number of hydrogen-bond acceptors (Lipinski definition) is 3. The molecule has 0 bridgehead atoms. The quantitative estimate of drug-likeness (QED) is 0.686. The van der Waals surface area contributed by atoms with Crippen LogP contribution in [0.2, 0.25) is 0 Å². The van der Waals surface area contributed by atoms with Crippen molar-refractivity contribution < 1.29 is 13.2 Å². The van der Waals surface area contributed by atoms with E-state index >= 15 is 0 Å². The van der Waals surface area contributed by atoms with Crippen LogP contribution in [0.5, 0.6) is 0 Å². The van der Waals surface area contributed by atoms with E-state index in [4.69, 9.17) is 23.2 Å². The maximum Gasteiger partial charge on any atom is 0.177 e. The predicted octanol–water partition coefficient (Wildman–Crippen LogP) is 3.99. The lowest BCUT2D eigenvalue weighted by Gasteiger charge is -2.14. The van der Waals surface area contributed by atoms with Crippen molar-refractivity contribution in [3.8, 4) is 0 Å². The second-order valence-electron chi connectivity index (χ2n) is 5.17. The van der Waals surface area contributed by atoms with Gasteiger partial charge < -0.3 is 0 Å². The van der Waals surface area contributed by atoms with Gasteiger partial charge in [-0.15, -0.1) is 23.2 Å². The van der Waals surface area contributed by atoms with Gasteiger partial charge in [-0.25, -0.2) is 0 Å². The van der Waals surface area contributed by atoms with E-state index in [1.54, 1.807) is 61.0 Å². The predicted molar refractivity (Wildman–Crippen MR) is 99.7 cm³/mol. The van der Waals surface area contributed by atoms with Crippen LogP contribution < -0.4 is 0 Å². The Morgan fingerprint density at radius 3 is 1.29 bits per heavy atom. The van der Waals surface area contributed by atoms with Crippen molar-refractivity contribution in [2.75, 3.05) is 12.5 Å². The zero-order chi connectivity index (χ0) is 17.9. The lowest BCUT2D eigenvalue weighted by Crippen LogP contribution is -2.13. The molecule has 0 aliphatic heterocycles. The largest absolute Gasteiger partial charge is 0.296 e. The molecule has 2 aromatic rings. The Morgan fingerprint density at radius 1 is 0.750 bits per heavy atom. The molecule has 0 N–H and O–H groups in total. The van der Waals surface area contributed by atoms with Gasteiger partial charge in [-0.3, -0.25) is 13.2 Å². The minimum Gasteiger partial charge on any atom is -0.296 e. The molecule has 0 aromatic heterocycles. The number of Topliss-reactive ketones (excluding diaryl/α,β-unsaturated/α-hetero) is 1. The summed E-state index contributed by atoms with van der Waals surface area (Å²) in [5.74, 6) is -0.339. The van der Waals surface area contributed by atoms with E-state index in [1.165, 1.54) is 0 Å². The molecule has 7 heteroatoms. The van der Waals surface area contributed by atoms with Crippen LogP contribution in [0, 0.1) is 0 Å². The van der Waals surface area contributed by atoms with E-state index in [2.05, 4.69) is 0 Å². The van der Waals surface area contributed by atoms with E-state index in [1.807, 2.05) is 0 Å². The van der Waals surface area contributed by atoms with Crippen molar-refractivity contribution >= 4 is 50.6 Å². The Hall–Kier alpha value is -1.01. The van der Waals surface area contributed by atoms with E-state index in [0.29, 0.717) is 20.9 Å². The molecule has 0 aliphatic carbocycles. The number of benzene rings is 2. The SMILES string of the molecule is CS(=O)c1ccc(C(Cl)C(=O)C(Cl)c2ccc(S(C)=O)cc2)cc1. The molecular weight excluding hydrogens is 387 g/mol. The minimum absolute atomic E-state index is 0.339. The van der Waals surface area contributed by atoms with Gasteiger partial charge >= 0.3 is 0 Å². The number of ketones is 1. The molecule has 3 nitrogen and oxygen atoms in total.